The molecule has 144 valence electrons. The Kier molecular flexibility index (Phi) is 4.71. The van der Waals surface area contributed by atoms with Crippen molar-refractivity contribution in [2.24, 2.45) is 0 Å². The highest BCUT2D eigenvalue weighted by Gasteiger charge is 2.13. The first-order valence-electron chi connectivity index (χ1n) is 8.29. The van der Waals surface area contributed by atoms with Gasteiger partial charge in [-0.3, -0.25) is 0 Å². The largest absolute Gasteiger partial charge is 0.368 e. The number of para-hydroxylation sites is 1. The van der Waals surface area contributed by atoms with Crippen LogP contribution in [0.25, 0.3) is 15.3 Å². The smallest absolute Gasteiger partial charge is 0.248 e. The van der Waals surface area contributed by atoms with Gasteiger partial charge in [-0.1, -0.05) is 35.6 Å². The predicted octanol–water partition coefficient (Wildman–Crippen LogP) is 2.25. The number of nitrogens with zero attached hydrogens (tertiary/aromatic N) is 4. The Balaban J connectivity index is 1.54. The molecule has 0 bridgehead atoms. The standard InChI is InChI=1S/C17H17N7O2S2/c1-19-28(25,26)10-11-6-8-12(9-7-11)20-16-22-15(18)24(23-16)17-21-13-4-2-3-5-14(13)27-17/h2-9,19H,10H2,1H3,(H3,18,20,22,23). The second kappa shape index (κ2) is 7.19. The number of sulfonamides is 1. The van der Waals surface area contributed by atoms with Crippen LogP contribution in [-0.2, 0) is 15.8 Å². The summed E-state index contributed by atoms with van der Waals surface area (Å²) < 4.78 is 28.0. The summed E-state index contributed by atoms with van der Waals surface area (Å²) in [6.45, 7) is 0. The summed E-state index contributed by atoms with van der Waals surface area (Å²) in [5, 5.41) is 8.07. The third-order valence-electron chi connectivity index (χ3n) is 3.97. The maximum atomic E-state index is 11.6. The number of anilines is 3. The van der Waals surface area contributed by atoms with Crippen LogP contribution in [-0.4, -0.2) is 35.2 Å². The number of nitrogens with one attached hydrogen (secondary N) is 2. The van der Waals surface area contributed by atoms with Crippen molar-refractivity contribution in [3.63, 3.8) is 0 Å². The summed E-state index contributed by atoms with van der Waals surface area (Å²) >= 11 is 1.47. The normalized spacial score (nSPS) is 11.8. The van der Waals surface area contributed by atoms with Crippen molar-refractivity contribution in [2.75, 3.05) is 18.1 Å². The fourth-order valence-electron chi connectivity index (χ4n) is 2.57. The summed E-state index contributed by atoms with van der Waals surface area (Å²) in [7, 11) is -1.92. The van der Waals surface area contributed by atoms with Crippen LogP contribution >= 0.6 is 11.3 Å². The Hall–Kier alpha value is -3.02. The zero-order chi connectivity index (χ0) is 19.7. The van der Waals surface area contributed by atoms with Crippen LogP contribution in [0.1, 0.15) is 5.56 Å². The summed E-state index contributed by atoms with van der Waals surface area (Å²) in [5.41, 5.74) is 8.26. The Morgan fingerprint density at radius 2 is 1.86 bits per heavy atom. The Labute approximate surface area is 165 Å². The minimum atomic E-state index is -3.31. The molecule has 4 rings (SSSR count). The number of hydrogen-bond acceptors (Lipinski definition) is 8. The highest BCUT2D eigenvalue weighted by molar-refractivity contribution is 7.88. The predicted molar refractivity (Wildman–Crippen MR) is 110 cm³/mol. The van der Waals surface area contributed by atoms with E-state index in [1.807, 2.05) is 24.3 Å². The average Bonchev–Trinajstić information content (AvgIpc) is 3.26. The summed E-state index contributed by atoms with van der Waals surface area (Å²) in [6.07, 6.45) is 0. The van der Waals surface area contributed by atoms with Crippen molar-refractivity contribution in [1.82, 2.24) is 24.5 Å². The molecule has 0 saturated carbocycles. The third kappa shape index (κ3) is 3.81. The number of nitrogens with two attached hydrogens (primary N) is 1. The second-order valence-corrected chi connectivity index (χ2v) is 8.89. The van der Waals surface area contributed by atoms with E-state index < -0.39 is 10.0 Å². The molecule has 9 nitrogen and oxygen atoms in total. The Bertz CT molecular complexity index is 1200. The van der Waals surface area contributed by atoms with Gasteiger partial charge in [0, 0.05) is 5.69 Å². The van der Waals surface area contributed by atoms with Gasteiger partial charge in [0.25, 0.3) is 0 Å². The highest BCUT2D eigenvalue weighted by atomic mass is 32.2. The number of rotatable bonds is 6. The first kappa shape index (κ1) is 18.3. The number of benzene rings is 2. The van der Waals surface area contributed by atoms with E-state index in [-0.39, 0.29) is 11.7 Å². The molecule has 28 heavy (non-hydrogen) atoms. The van der Waals surface area contributed by atoms with E-state index >= 15 is 0 Å². The van der Waals surface area contributed by atoms with Gasteiger partial charge in [0.15, 0.2) is 0 Å². The van der Waals surface area contributed by atoms with Gasteiger partial charge < -0.3 is 11.1 Å². The van der Waals surface area contributed by atoms with Gasteiger partial charge in [-0.2, -0.15) is 9.67 Å². The average molecular weight is 416 g/mol. The monoisotopic (exact) mass is 415 g/mol. The first-order chi connectivity index (χ1) is 13.4. The molecule has 0 saturated heterocycles. The highest BCUT2D eigenvalue weighted by Crippen LogP contribution is 2.26. The number of hydrogen-bond donors (Lipinski definition) is 3. The lowest BCUT2D eigenvalue weighted by atomic mass is 10.2. The van der Waals surface area contributed by atoms with Crippen LogP contribution in [0.15, 0.2) is 48.5 Å². The number of fused-ring (bicyclic) bond motifs is 1. The molecule has 0 aliphatic heterocycles. The van der Waals surface area contributed by atoms with E-state index in [9.17, 15) is 8.42 Å². The fourth-order valence-corrected chi connectivity index (χ4v) is 4.28. The van der Waals surface area contributed by atoms with Gasteiger partial charge in [-0.05, 0) is 36.9 Å². The van der Waals surface area contributed by atoms with Gasteiger partial charge in [0.1, 0.15) is 0 Å². The van der Waals surface area contributed by atoms with Crippen LogP contribution in [0.2, 0.25) is 0 Å². The quantitative estimate of drug-likeness (QED) is 0.441. The van der Waals surface area contributed by atoms with Gasteiger partial charge >= 0.3 is 0 Å². The molecule has 11 heteroatoms. The molecule has 2 aromatic carbocycles. The minimum absolute atomic E-state index is 0.0821. The molecule has 0 radical (unpaired) electrons. The molecule has 4 aromatic rings. The van der Waals surface area contributed by atoms with E-state index in [0.717, 1.165) is 10.2 Å². The third-order valence-corrected chi connectivity index (χ3v) is 6.32. The molecule has 0 atom stereocenters. The molecule has 0 aliphatic rings. The van der Waals surface area contributed by atoms with E-state index in [1.54, 1.807) is 24.3 Å². The Morgan fingerprint density at radius 1 is 1.11 bits per heavy atom. The van der Waals surface area contributed by atoms with E-state index in [1.165, 1.54) is 23.1 Å². The van der Waals surface area contributed by atoms with Gasteiger partial charge in [0.05, 0.1) is 16.0 Å². The number of nitrogen functional groups attached to an aromatic ring is 1. The van der Waals surface area contributed by atoms with Crippen LogP contribution in [0.5, 0.6) is 0 Å². The molecule has 2 aromatic heterocycles. The molecule has 0 fully saturated rings. The van der Waals surface area contributed by atoms with Crippen molar-refractivity contribution in [3.8, 4) is 5.13 Å². The first-order valence-corrected chi connectivity index (χ1v) is 10.8. The Morgan fingerprint density at radius 3 is 2.57 bits per heavy atom. The SMILES string of the molecule is CNS(=O)(=O)Cc1ccc(Nc2nc(N)n(-c3nc4ccccc4s3)n2)cc1. The van der Waals surface area contributed by atoms with E-state index in [0.29, 0.717) is 22.3 Å². The van der Waals surface area contributed by atoms with Crippen LogP contribution in [0.4, 0.5) is 17.6 Å². The molecule has 0 aliphatic carbocycles. The van der Waals surface area contributed by atoms with Crippen LogP contribution in [0.3, 0.4) is 0 Å². The summed E-state index contributed by atoms with van der Waals surface area (Å²) in [6, 6.07) is 14.8. The van der Waals surface area contributed by atoms with Crippen LogP contribution in [0, 0.1) is 0 Å². The molecule has 4 N–H and O–H groups in total. The maximum absolute atomic E-state index is 11.6. The van der Waals surface area contributed by atoms with Crippen molar-refractivity contribution in [3.05, 3.63) is 54.1 Å². The van der Waals surface area contributed by atoms with Crippen molar-refractivity contribution in [2.45, 2.75) is 5.75 Å². The second-order valence-electron chi connectivity index (χ2n) is 5.95. The number of aromatic nitrogens is 4. The zero-order valence-electron chi connectivity index (χ0n) is 14.8. The van der Waals surface area contributed by atoms with Gasteiger partial charge in [-0.25, -0.2) is 18.1 Å². The lowest BCUT2D eigenvalue weighted by Gasteiger charge is -2.05. The van der Waals surface area contributed by atoms with Gasteiger partial charge in [-0.15, -0.1) is 5.10 Å². The van der Waals surface area contributed by atoms with E-state index in [2.05, 4.69) is 25.1 Å². The minimum Gasteiger partial charge on any atom is -0.368 e. The topological polar surface area (TPSA) is 128 Å². The van der Waals surface area contributed by atoms with E-state index in [4.69, 9.17) is 5.73 Å². The fraction of sp³-hybridized carbons (Fsp3) is 0.118. The molecule has 0 unspecified atom stereocenters. The molecule has 0 spiro atoms. The summed E-state index contributed by atoms with van der Waals surface area (Å²) in [4.78, 5) is 8.75. The van der Waals surface area contributed by atoms with Crippen LogP contribution < -0.4 is 15.8 Å². The number of thiazole rings is 1. The van der Waals surface area contributed by atoms with Crippen molar-refractivity contribution < 1.29 is 8.42 Å². The molecule has 0 amide bonds. The van der Waals surface area contributed by atoms with Crippen molar-refractivity contribution >= 4 is 49.2 Å². The molecular weight excluding hydrogens is 398 g/mol. The molecular formula is C17H17N7O2S2. The molecule has 2 heterocycles. The lowest BCUT2D eigenvalue weighted by Crippen LogP contribution is -2.20. The lowest BCUT2D eigenvalue weighted by molar-refractivity contribution is 0.587. The van der Waals surface area contributed by atoms with Crippen molar-refractivity contribution in [1.29, 1.82) is 0 Å². The maximum Gasteiger partial charge on any atom is 0.248 e. The van der Waals surface area contributed by atoms with Gasteiger partial charge in [0.2, 0.25) is 27.1 Å². The zero-order valence-corrected chi connectivity index (χ0v) is 16.5. The summed E-state index contributed by atoms with van der Waals surface area (Å²) in [5.74, 6) is 0.465.